The molecule has 0 radical (unpaired) electrons. The van der Waals surface area contributed by atoms with Crippen LogP contribution in [-0.2, 0) is 6.54 Å². The summed E-state index contributed by atoms with van der Waals surface area (Å²) in [6.45, 7) is 2.78. The van der Waals surface area contributed by atoms with Crippen molar-refractivity contribution in [3.63, 3.8) is 0 Å². The third-order valence-electron chi connectivity index (χ3n) is 1.84. The number of thioether (sulfide) groups is 1. The van der Waals surface area contributed by atoms with Gasteiger partial charge in [0.1, 0.15) is 5.82 Å². The Bertz CT molecular complexity index is 273. The fourth-order valence-electron chi connectivity index (χ4n) is 1.08. The van der Waals surface area contributed by atoms with Gasteiger partial charge in [-0.3, -0.25) is 0 Å². The van der Waals surface area contributed by atoms with Crippen LogP contribution >= 0.6 is 23.1 Å². The number of nitrogens with one attached hydrogen (secondary N) is 1. The third-order valence-corrected chi connectivity index (χ3v) is 4.22. The first-order chi connectivity index (χ1) is 6.19. The highest BCUT2D eigenvalue weighted by molar-refractivity contribution is 7.98. The Morgan fingerprint density at radius 2 is 2.38 bits per heavy atom. The van der Waals surface area contributed by atoms with E-state index in [0.717, 1.165) is 16.3 Å². The topological polar surface area (TPSA) is 12.0 Å². The van der Waals surface area contributed by atoms with Gasteiger partial charge >= 0.3 is 0 Å². The van der Waals surface area contributed by atoms with Crippen LogP contribution in [0.3, 0.4) is 0 Å². The monoisotopic (exact) mass is 219 g/mol. The molecule has 1 heterocycles. The van der Waals surface area contributed by atoms with Crippen molar-refractivity contribution in [2.45, 2.75) is 18.7 Å². The van der Waals surface area contributed by atoms with Crippen molar-refractivity contribution in [2.24, 2.45) is 0 Å². The molecule has 0 spiro atoms. The predicted octanol–water partition coefficient (Wildman–Crippen LogP) is 3.03. The summed E-state index contributed by atoms with van der Waals surface area (Å²) in [5.41, 5.74) is 0. The molecule has 1 nitrogen and oxygen atoms in total. The minimum Gasteiger partial charge on any atom is -0.315 e. The Labute approximate surface area is 86.7 Å². The molecule has 4 heteroatoms. The van der Waals surface area contributed by atoms with E-state index in [1.54, 1.807) is 29.2 Å². The van der Waals surface area contributed by atoms with Gasteiger partial charge in [0.15, 0.2) is 0 Å². The second-order valence-electron chi connectivity index (χ2n) is 2.83. The number of rotatable bonds is 4. The second-order valence-corrected chi connectivity index (χ2v) is 5.18. The average Bonchev–Trinajstić information content (AvgIpc) is 2.46. The van der Waals surface area contributed by atoms with Crippen LogP contribution < -0.4 is 5.32 Å². The van der Waals surface area contributed by atoms with Crippen molar-refractivity contribution in [3.8, 4) is 0 Å². The van der Waals surface area contributed by atoms with Gasteiger partial charge in [-0.1, -0.05) is 0 Å². The molecule has 1 N–H and O–H groups in total. The zero-order chi connectivity index (χ0) is 9.84. The maximum absolute atomic E-state index is 13.3. The van der Waals surface area contributed by atoms with Gasteiger partial charge in [-0.25, -0.2) is 4.39 Å². The van der Waals surface area contributed by atoms with Crippen LogP contribution in [0.2, 0.25) is 0 Å². The lowest BCUT2D eigenvalue weighted by molar-refractivity contribution is 0.617. The summed E-state index contributed by atoms with van der Waals surface area (Å²) in [4.78, 5) is 1.92. The SMILES string of the molecule is CNCc1cc(F)c(C(C)SC)s1. The van der Waals surface area contributed by atoms with Gasteiger partial charge < -0.3 is 5.32 Å². The lowest BCUT2D eigenvalue weighted by Gasteiger charge is -2.03. The minimum atomic E-state index is -0.0582. The molecule has 74 valence electrons. The van der Waals surface area contributed by atoms with Gasteiger partial charge in [0.2, 0.25) is 0 Å². The van der Waals surface area contributed by atoms with E-state index in [1.165, 1.54) is 0 Å². The average molecular weight is 219 g/mol. The third kappa shape index (κ3) is 2.69. The Kier molecular flexibility index (Phi) is 4.22. The van der Waals surface area contributed by atoms with E-state index < -0.39 is 0 Å². The summed E-state index contributed by atoms with van der Waals surface area (Å²) in [5.74, 6) is -0.0582. The summed E-state index contributed by atoms with van der Waals surface area (Å²) >= 11 is 3.23. The van der Waals surface area contributed by atoms with E-state index in [4.69, 9.17) is 0 Å². The molecule has 1 rings (SSSR count). The molecule has 0 saturated carbocycles. The van der Waals surface area contributed by atoms with E-state index >= 15 is 0 Å². The number of thiophene rings is 1. The maximum atomic E-state index is 13.3. The molecule has 13 heavy (non-hydrogen) atoms. The quantitative estimate of drug-likeness (QED) is 0.835. The summed E-state index contributed by atoms with van der Waals surface area (Å²) in [5, 5.41) is 3.28. The van der Waals surface area contributed by atoms with Gasteiger partial charge in [0.05, 0.1) is 4.88 Å². The summed E-state index contributed by atoms with van der Waals surface area (Å²) < 4.78 is 13.3. The Balaban J connectivity index is 2.82. The first-order valence-electron chi connectivity index (χ1n) is 4.14. The molecular formula is C9H14FNS2. The van der Waals surface area contributed by atoms with E-state index in [-0.39, 0.29) is 11.1 Å². The fourth-order valence-corrected chi connectivity index (χ4v) is 2.82. The first kappa shape index (κ1) is 11.0. The Hall–Kier alpha value is -0.0600. The normalized spacial score (nSPS) is 13.2. The molecular weight excluding hydrogens is 205 g/mol. The first-order valence-corrected chi connectivity index (χ1v) is 6.25. The zero-order valence-corrected chi connectivity index (χ0v) is 9.69. The summed E-state index contributed by atoms with van der Waals surface area (Å²) in [6, 6.07) is 1.63. The van der Waals surface area contributed by atoms with Crippen molar-refractivity contribution in [1.82, 2.24) is 5.32 Å². The lowest BCUT2D eigenvalue weighted by Crippen LogP contribution is -2.02. The fraction of sp³-hybridized carbons (Fsp3) is 0.556. The van der Waals surface area contributed by atoms with Crippen molar-refractivity contribution in [1.29, 1.82) is 0 Å². The van der Waals surface area contributed by atoms with Crippen molar-refractivity contribution < 1.29 is 4.39 Å². The Morgan fingerprint density at radius 1 is 1.69 bits per heavy atom. The second kappa shape index (κ2) is 4.98. The lowest BCUT2D eigenvalue weighted by atomic mass is 10.3. The van der Waals surface area contributed by atoms with Crippen LogP contribution in [0.15, 0.2) is 6.07 Å². The van der Waals surface area contributed by atoms with Crippen LogP contribution in [0.1, 0.15) is 21.9 Å². The number of hydrogen-bond donors (Lipinski definition) is 1. The van der Waals surface area contributed by atoms with Gasteiger partial charge in [-0.15, -0.1) is 11.3 Å². The molecule has 0 aliphatic rings. The molecule has 0 aliphatic heterocycles. The van der Waals surface area contributed by atoms with Crippen LogP contribution in [0, 0.1) is 5.82 Å². The molecule has 0 aliphatic carbocycles. The van der Waals surface area contributed by atoms with E-state index in [1.807, 2.05) is 20.2 Å². The Morgan fingerprint density at radius 3 is 2.92 bits per heavy atom. The molecule has 0 fully saturated rings. The smallest absolute Gasteiger partial charge is 0.138 e. The molecule has 0 bridgehead atoms. The van der Waals surface area contributed by atoms with Crippen molar-refractivity contribution >= 4 is 23.1 Å². The summed E-state index contributed by atoms with van der Waals surface area (Å²) in [6.07, 6.45) is 2.00. The van der Waals surface area contributed by atoms with E-state index in [2.05, 4.69) is 5.32 Å². The highest BCUT2D eigenvalue weighted by Gasteiger charge is 2.13. The number of halogens is 1. The highest BCUT2D eigenvalue weighted by atomic mass is 32.2. The molecule has 0 amide bonds. The predicted molar refractivity (Wildman–Crippen MR) is 59.0 cm³/mol. The minimum absolute atomic E-state index is 0.0582. The van der Waals surface area contributed by atoms with Gasteiger partial charge in [0.25, 0.3) is 0 Å². The number of hydrogen-bond acceptors (Lipinski definition) is 3. The van der Waals surface area contributed by atoms with Crippen molar-refractivity contribution in [3.05, 3.63) is 21.6 Å². The van der Waals surface area contributed by atoms with E-state index in [0.29, 0.717) is 0 Å². The van der Waals surface area contributed by atoms with Gasteiger partial charge in [0, 0.05) is 16.7 Å². The standard InChI is InChI=1S/C9H14FNS2/c1-6(12-3)9-8(10)4-7(13-9)5-11-2/h4,6,11H,5H2,1-3H3. The molecule has 1 atom stereocenters. The van der Waals surface area contributed by atoms with E-state index in [9.17, 15) is 4.39 Å². The molecule has 0 saturated heterocycles. The zero-order valence-electron chi connectivity index (χ0n) is 8.06. The molecule has 0 aromatic carbocycles. The van der Waals surface area contributed by atoms with Crippen LogP contribution in [0.4, 0.5) is 4.39 Å². The van der Waals surface area contributed by atoms with Crippen LogP contribution in [-0.4, -0.2) is 13.3 Å². The van der Waals surface area contributed by atoms with Gasteiger partial charge in [-0.2, -0.15) is 11.8 Å². The summed E-state index contributed by atoms with van der Waals surface area (Å²) in [7, 11) is 1.87. The maximum Gasteiger partial charge on any atom is 0.138 e. The van der Waals surface area contributed by atoms with Crippen LogP contribution in [0.5, 0.6) is 0 Å². The molecule has 1 unspecified atom stereocenters. The van der Waals surface area contributed by atoms with Gasteiger partial charge in [-0.05, 0) is 26.3 Å². The highest BCUT2D eigenvalue weighted by Crippen LogP contribution is 2.34. The molecule has 1 aromatic heterocycles. The van der Waals surface area contributed by atoms with Crippen molar-refractivity contribution in [2.75, 3.05) is 13.3 Å². The largest absolute Gasteiger partial charge is 0.315 e. The van der Waals surface area contributed by atoms with Crippen LogP contribution in [0.25, 0.3) is 0 Å². The molecule has 1 aromatic rings.